The van der Waals surface area contributed by atoms with Gasteiger partial charge >= 0.3 is 12.1 Å². The molecule has 5 aromatic rings. The van der Waals surface area contributed by atoms with Crippen molar-refractivity contribution in [2.24, 2.45) is 0 Å². The van der Waals surface area contributed by atoms with Crippen LogP contribution in [-0.2, 0) is 4.79 Å². The molecule has 1 N–H and O–H groups in total. The third-order valence-electron chi connectivity index (χ3n) is 6.49. The molecule has 3 heterocycles. The number of rotatable bonds is 6. The predicted octanol–water partition coefficient (Wildman–Crippen LogP) is 6.56. The van der Waals surface area contributed by atoms with Gasteiger partial charge in [0.2, 0.25) is 5.65 Å². The van der Waals surface area contributed by atoms with Gasteiger partial charge in [0.1, 0.15) is 24.2 Å². The fourth-order valence-electron chi connectivity index (χ4n) is 4.63. The Morgan fingerprint density at radius 1 is 1.10 bits per heavy atom. The Kier molecular flexibility index (Phi) is 7.15. The van der Waals surface area contributed by atoms with Crippen molar-refractivity contribution in [1.82, 2.24) is 24.8 Å². The second-order valence-corrected chi connectivity index (χ2v) is 9.65. The summed E-state index contributed by atoms with van der Waals surface area (Å²) in [6.45, 7) is 7.21. The highest BCUT2D eigenvalue weighted by Gasteiger charge is 2.42. The SMILES string of the molecule is Cc1noc(C)c1-c1c(C)c(Cl)cc(C(C)Nc2ncnc3c2ncn3OC(=O)C(F)(F)F)c1-c1cccc(F)c1. The van der Waals surface area contributed by atoms with Crippen LogP contribution in [0.5, 0.6) is 0 Å². The van der Waals surface area contributed by atoms with E-state index >= 15 is 0 Å². The number of fused-ring (bicyclic) bond motifs is 1. The van der Waals surface area contributed by atoms with Gasteiger partial charge < -0.3 is 14.7 Å². The number of hydrogen-bond donors (Lipinski definition) is 1. The van der Waals surface area contributed by atoms with Gasteiger partial charge in [0.25, 0.3) is 0 Å². The van der Waals surface area contributed by atoms with Crippen LogP contribution in [-0.4, -0.2) is 37.0 Å². The van der Waals surface area contributed by atoms with E-state index in [-0.39, 0.29) is 17.0 Å². The minimum Gasteiger partial charge on any atom is -0.362 e. The van der Waals surface area contributed by atoms with E-state index in [1.807, 2.05) is 6.92 Å². The highest BCUT2D eigenvalue weighted by atomic mass is 35.5. The molecule has 1 unspecified atom stereocenters. The van der Waals surface area contributed by atoms with Crippen LogP contribution >= 0.6 is 11.6 Å². The Bertz CT molecular complexity index is 1780. The Morgan fingerprint density at radius 3 is 2.51 bits per heavy atom. The standard InChI is InChI=1S/C27H21ClF4N6O3/c1-12-19(28)9-18(22(16-6-5-7-17(29)8-16)20(12)21-14(3)37-40-15(21)4)13(2)36-24-23-25(34-10-33-24)38(11-35-23)41-26(39)27(30,31)32/h5-11,13H,1-4H3,(H,33,34,36). The highest BCUT2D eigenvalue weighted by molar-refractivity contribution is 6.32. The summed E-state index contributed by atoms with van der Waals surface area (Å²) in [4.78, 5) is 27.9. The van der Waals surface area contributed by atoms with Crippen LogP contribution in [0, 0.1) is 26.6 Å². The monoisotopic (exact) mass is 588 g/mol. The fourth-order valence-corrected chi connectivity index (χ4v) is 4.84. The average molecular weight is 589 g/mol. The lowest BCUT2D eigenvalue weighted by Crippen LogP contribution is -2.33. The molecule has 0 fully saturated rings. The fraction of sp³-hybridized carbons (Fsp3) is 0.222. The number of aryl methyl sites for hydroxylation is 2. The second-order valence-electron chi connectivity index (χ2n) is 9.24. The van der Waals surface area contributed by atoms with Crippen molar-refractivity contribution >= 4 is 34.6 Å². The number of alkyl halides is 3. The van der Waals surface area contributed by atoms with Gasteiger partial charge in [0.15, 0.2) is 11.3 Å². The van der Waals surface area contributed by atoms with Crippen LogP contribution in [0.15, 0.2) is 47.5 Å². The van der Waals surface area contributed by atoms with Crippen LogP contribution in [0.25, 0.3) is 33.4 Å². The van der Waals surface area contributed by atoms with E-state index in [2.05, 4.69) is 30.3 Å². The van der Waals surface area contributed by atoms with E-state index in [1.165, 1.54) is 12.1 Å². The Morgan fingerprint density at radius 2 is 1.85 bits per heavy atom. The van der Waals surface area contributed by atoms with Gasteiger partial charge in [0.05, 0.1) is 11.7 Å². The van der Waals surface area contributed by atoms with Crippen LogP contribution in [0.2, 0.25) is 5.02 Å². The lowest BCUT2D eigenvalue weighted by Gasteiger charge is -2.24. The molecule has 0 saturated heterocycles. The average Bonchev–Trinajstić information content (AvgIpc) is 3.47. The molecule has 0 aliphatic rings. The van der Waals surface area contributed by atoms with Crippen molar-refractivity contribution in [3.8, 4) is 22.3 Å². The summed E-state index contributed by atoms with van der Waals surface area (Å²) >= 11 is 6.73. The van der Waals surface area contributed by atoms with Gasteiger partial charge in [-0.25, -0.2) is 24.1 Å². The number of benzene rings is 2. The van der Waals surface area contributed by atoms with Gasteiger partial charge in [-0.1, -0.05) is 28.9 Å². The maximum Gasteiger partial charge on any atom is 0.493 e. The van der Waals surface area contributed by atoms with Crippen molar-refractivity contribution in [2.75, 3.05) is 5.32 Å². The molecule has 9 nitrogen and oxygen atoms in total. The Balaban J connectivity index is 1.64. The summed E-state index contributed by atoms with van der Waals surface area (Å²) in [7, 11) is 0. The zero-order chi connectivity index (χ0) is 29.6. The molecular weight excluding hydrogens is 568 g/mol. The number of anilines is 1. The van der Waals surface area contributed by atoms with E-state index in [9.17, 15) is 22.4 Å². The smallest absolute Gasteiger partial charge is 0.362 e. The molecular formula is C27H21ClF4N6O3. The third kappa shape index (κ3) is 5.20. The summed E-state index contributed by atoms with van der Waals surface area (Å²) in [5, 5.41) is 7.71. The van der Waals surface area contributed by atoms with Crippen LogP contribution in [0.3, 0.4) is 0 Å². The first-order valence-electron chi connectivity index (χ1n) is 12.1. The summed E-state index contributed by atoms with van der Waals surface area (Å²) in [5.74, 6) is -2.18. The van der Waals surface area contributed by atoms with Crippen molar-refractivity contribution < 1.29 is 31.7 Å². The van der Waals surface area contributed by atoms with Gasteiger partial charge in [-0.2, -0.15) is 13.2 Å². The summed E-state index contributed by atoms with van der Waals surface area (Å²) in [6, 6.07) is 7.28. The van der Waals surface area contributed by atoms with Crippen molar-refractivity contribution in [3.63, 3.8) is 0 Å². The lowest BCUT2D eigenvalue weighted by molar-refractivity contribution is -0.199. The Hall–Kier alpha value is -4.52. The van der Waals surface area contributed by atoms with Crippen LogP contribution in [0.1, 0.15) is 35.5 Å². The van der Waals surface area contributed by atoms with Crippen molar-refractivity contribution in [1.29, 1.82) is 0 Å². The minimum absolute atomic E-state index is 0.0470. The van der Waals surface area contributed by atoms with Gasteiger partial charge in [-0.15, -0.1) is 4.73 Å². The molecule has 212 valence electrons. The van der Waals surface area contributed by atoms with Gasteiger partial charge in [-0.05, 0) is 73.7 Å². The van der Waals surface area contributed by atoms with Crippen LogP contribution in [0.4, 0.5) is 23.4 Å². The van der Waals surface area contributed by atoms with Crippen molar-refractivity contribution in [2.45, 2.75) is 39.9 Å². The molecule has 5 rings (SSSR count). The van der Waals surface area contributed by atoms with Crippen LogP contribution < -0.4 is 10.2 Å². The molecule has 0 amide bonds. The zero-order valence-corrected chi connectivity index (χ0v) is 22.7. The second kappa shape index (κ2) is 10.5. The topological polar surface area (TPSA) is 108 Å². The highest BCUT2D eigenvalue weighted by Crippen LogP contribution is 2.45. The van der Waals surface area contributed by atoms with E-state index in [0.717, 1.165) is 18.2 Å². The zero-order valence-electron chi connectivity index (χ0n) is 22.0. The summed E-state index contributed by atoms with van der Waals surface area (Å²) < 4.78 is 58.6. The third-order valence-corrected chi connectivity index (χ3v) is 6.88. The van der Waals surface area contributed by atoms with Gasteiger partial charge in [0, 0.05) is 10.6 Å². The maximum absolute atomic E-state index is 14.5. The minimum atomic E-state index is -5.21. The molecule has 2 aromatic carbocycles. The number of halogens is 5. The van der Waals surface area contributed by atoms with E-state index in [0.29, 0.717) is 49.0 Å². The summed E-state index contributed by atoms with van der Waals surface area (Å²) in [6.07, 6.45) is -3.24. The van der Waals surface area contributed by atoms with Gasteiger partial charge in [-0.3, -0.25) is 0 Å². The maximum atomic E-state index is 14.5. The number of carbonyl (C=O) groups excluding carboxylic acids is 1. The predicted molar refractivity (Wildman–Crippen MR) is 142 cm³/mol. The largest absolute Gasteiger partial charge is 0.493 e. The molecule has 3 aromatic heterocycles. The number of nitrogens with one attached hydrogen (secondary N) is 1. The number of nitrogens with zero attached hydrogens (tertiary/aromatic N) is 5. The Labute approximate surface area is 235 Å². The molecule has 14 heteroatoms. The molecule has 0 radical (unpaired) electrons. The quantitative estimate of drug-likeness (QED) is 0.222. The molecule has 0 aliphatic heterocycles. The number of aromatic nitrogens is 5. The normalized spacial score (nSPS) is 12.5. The van der Waals surface area contributed by atoms with E-state index < -0.39 is 24.0 Å². The van der Waals surface area contributed by atoms with E-state index in [1.54, 1.807) is 39.0 Å². The summed E-state index contributed by atoms with van der Waals surface area (Å²) in [5.41, 5.74) is 4.53. The number of carbonyl (C=O) groups is 1. The molecule has 0 saturated carbocycles. The molecule has 1 atom stereocenters. The first-order chi connectivity index (χ1) is 19.4. The first-order valence-corrected chi connectivity index (χ1v) is 12.5. The molecule has 0 aliphatic carbocycles. The first kappa shape index (κ1) is 28.0. The molecule has 41 heavy (non-hydrogen) atoms. The molecule has 0 bridgehead atoms. The molecule has 0 spiro atoms. The number of imidazole rings is 1. The van der Waals surface area contributed by atoms with E-state index in [4.69, 9.17) is 16.1 Å². The number of hydrogen-bond acceptors (Lipinski definition) is 8. The van der Waals surface area contributed by atoms with Crippen molar-refractivity contribution in [3.05, 3.63) is 76.4 Å². The lowest BCUT2D eigenvalue weighted by atomic mass is 9.84.